The molecule has 2 fully saturated rings. The van der Waals surface area contributed by atoms with Crippen LogP contribution in [0.25, 0.3) is 11.0 Å². The van der Waals surface area contributed by atoms with Crippen LogP contribution in [-0.4, -0.2) is 111 Å². The van der Waals surface area contributed by atoms with Gasteiger partial charge in [-0.15, -0.1) is 0 Å². The standard InChI is InChI=1S/C28H39N7O7/c1-18(2)15-35(21-14-20(16-33(17-21)28(40)41)26(38)32-10-12-42-13-11-32)27(39)25-29-22-6-4-5-7-23(22)34(25)9-8-24(37)31-30-19(3)36/h4-7,18,20-21H,8-17H2,1-3H3,(H,30,36)(H,31,37)(H,40,41)/t20-,21+/m1/s1. The molecule has 1 aromatic heterocycles. The van der Waals surface area contributed by atoms with Gasteiger partial charge in [-0.05, 0) is 24.5 Å². The first-order valence-electron chi connectivity index (χ1n) is 14.2. The summed E-state index contributed by atoms with van der Waals surface area (Å²) in [5.41, 5.74) is 5.82. The van der Waals surface area contributed by atoms with Gasteiger partial charge in [0.2, 0.25) is 17.7 Å². The normalized spacial score (nSPS) is 19.0. The molecule has 0 saturated carbocycles. The highest BCUT2D eigenvalue weighted by Gasteiger charge is 2.40. The number of hydrazine groups is 1. The molecule has 2 aliphatic rings. The van der Waals surface area contributed by atoms with E-state index in [2.05, 4.69) is 15.8 Å². The van der Waals surface area contributed by atoms with E-state index < -0.39 is 35.8 Å². The van der Waals surface area contributed by atoms with Crippen molar-refractivity contribution < 1.29 is 33.8 Å². The topological polar surface area (TPSA) is 166 Å². The molecule has 0 unspecified atom stereocenters. The number of aryl methyl sites for hydroxylation is 1. The third-order valence-corrected chi connectivity index (χ3v) is 7.42. The van der Waals surface area contributed by atoms with Crippen LogP contribution in [0.1, 0.15) is 44.2 Å². The number of amides is 5. The molecule has 2 aromatic rings. The minimum atomic E-state index is -1.14. The molecular formula is C28H39N7O7. The highest BCUT2D eigenvalue weighted by atomic mass is 16.5. The van der Waals surface area contributed by atoms with E-state index in [1.807, 2.05) is 19.9 Å². The molecule has 3 heterocycles. The summed E-state index contributed by atoms with van der Waals surface area (Å²) in [5.74, 6) is -1.83. The molecule has 2 saturated heterocycles. The molecule has 0 bridgehead atoms. The number of para-hydroxylation sites is 2. The number of hydrogen-bond acceptors (Lipinski definition) is 7. The molecule has 3 N–H and O–H groups in total. The van der Waals surface area contributed by atoms with Crippen LogP contribution in [0.3, 0.4) is 0 Å². The zero-order valence-electron chi connectivity index (χ0n) is 24.2. The fourth-order valence-electron chi connectivity index (χ4n) is 5.49. The van der Waals surface area contributed by atoms with Crippen LogP contribution >= 0.6 is 0 Å². The summed E-state index contributed by atoms with van der Waals surface area (Å²) < 4.78 is 7.04. The molecule has 42 heavy (non-hydrogen) atoms. The first kappa shape index (κ1) is 30.8. The molecule has 14 heteroatoms. The zero-order chi connectivity index (χ0) is 30.4. The highest BCUT2D eigenvalue weighted by molar-refractivity contribution is 5.95. The monoisotopic (exact) mass is 585 g/mol. The molecular weight excluding hydrogens is 546 g/mol. The summed E-state index contributed by atoms with van der Waals surface area (Å²) in [6.45, 7) is 7.53. The van der Waals surface area contributed by atoms with Crippen molar-refractivity contribution in [3.8, 4) is 0 Å². The molecule has 4 rings (SSSR count). The number of ether oxygens (including phenoxy) is 1. The average molecular weight is 586 g/mol. The van der Waals surface area contributed by atoms with Gasteiger partial charge in [0.05, 0.1) is 36.2 Å². The Bertz CT molecular complexity index is 1320. The molecule has 0 spiro atoms. The molecule has 0 aliphatic carbocycles. The number of likely N-dealkylation sites (tertiary alicyclic amines) is 1. The highest BCUT2D eigenvalue weighted by Crippen LogP contribution is 2.27. The first-order chi connectivity index (χ1) is 20.0. The minimum absolute atomic E-state index is 0.0303. The molecule has 2 atom stereocenters. The van der Waals surface area contributed by atoms with Crippen molar-refractivity contribution in [2.45, 2.75) is 46.2 Å². The average Bonchev–Trinajstić information content (AvgIpc) is 3.35. The van der Waals surface area contributed by atoms with E-state index in [4.69, 9.17) is 4.74 Å². The van der Waals surface area contributed by atoms with Crippen LogP contribution in [0.5, 0.6) is 0 Å². The Kier molecular flexibility index (Phi) is 9.99. The van der Waals surface area contributed by atoms with Crippen LogP contribution in [0, 0.1) is 11.8 Å². The largest absolute Gasteiger partial charge is 0.465 e. The van der Waals surface area contributed by atoms with Gasteiger partial charge in [0.25, 0.3) is 5.91 Å². The molecule has 0 radical (unpaired) electrons. The molecule has 5 amide bonds. The van der Waals surface area contributed by atoms with Gasteiger partial charge in [0.15, 0.2) is 5.82 Å². The van der Waals surface area contributed by atoms with Crippen molar-refractivity contribution in [3.63, 3.8) is 0 Å². The molecule has 2 aliphatic heterocycles. The maximum atomic E-state index is 14.3. The quantitative estimate of drug-likeness (QED) is 0.385. The number of fused-ring (bicyclic) bond motifs is 1. The summed E-state index contributed by atoms with van der Waals surface area (Å²) >= 11 is 0. The lowest BCUT2D eigenvalue weighted by Gasteiger charge is -2.43. The number of nitrogens with zero attached hydrogens (tertiary/aromatic N) is 5. The van der Waals surface area contributed by atoms with Crippen molar-refractivity contribution in [2.24, 2.45) is 11.8 Å². The van der Waals surface area contributed by atoms with E-state index in [0.29, 0.717) is 50.3 Å². The number of imidazole rings is 1. The van der Waals surface area contributed by atoms with Gasteiger partial charge < -0.3 is 29.1 Å². The van der Waals surface area contributed by atoms with Crippen LogP contribution in [0.15, 0.2) is 24.3 Å². The van der Waals surface area contributed by atoms with E-state index in [1.54, 1.807) is 32.6 Å². The Labute approximate surface area is 243 Å². The number of hydrogen-bond donors (Lipinski definition) is 3. The van der Waals surface area contributed by atoms with E-state index in [9.17, 15) is 29.1 Å². The van der Waals surface area contributed by atoms with Crippen LogP contribution in [0.4, 0.5) is 4.79 Å². The number of nitrogens with one attached hydrogen (secondary N) is 2. The molecule has 228 valence electrons. The second-order valence-corrected chi connectivity index (χ2v) is 11.1. The number of benzene rings is 1. The molecule has 14 nitrogen and oxygen atoms in total. The zero-order valence-corrected chi connectivity index (χ0v) is 24.2. The summed E-state index contributed by atoms with van der Waals surface area (Å²) in [7, 11) is 0. The Balaban J connectivity index is 1.64. The van der Waals surface area contributed by atoms with Gasteiger partial charge in [-0.1, -0.05) is 26.0 Å². The molecule has 1 aromatic carbocycles. The van der Waals surface area contributed by atoms with Gasteiger partial charge >= 0.3 is 6.09 Å². The van der Waals surface area contributed by atoms with E-state index >= 15 is 0 Å². The lowest BCUT2D eigenvalue weighted by Crippen LogP contribution is -2.58. The van der Waals surface area contributed by atoms with Crippen LogP contribution < -0.4 is 10.9 Å². The number of piperidine rings is 1. The van der Waals surface area contributed by atoms with Crippen LogP contribution in [-0.2, 0) is 25.7 Å². The number of rotatable bonds is 8. The van der Waals surface area contributed by atoms with Crippen molar-refractivity contribution >= 4 is 40.8 Å². The van der Waals surface area contributed by atoms with Crippen molar-refractivity contribution in [3.05, 3.63) is 30.1 Å². The van der Waals surface area contributed by atoms with Crippen molar-refractivity contribution in [1.29, 1.82) is 0 Å². The fraction of sp³-hybridized carbons (Fsp3) is 0.571. The second kappa shape index (κ2) is 13.6. The summed E-state index contributed by atoms with van der Waals surface area (Å²) in [6, 6.07) is 6.64. The number of carboxylic acid groups (broad SMARTS) is 1. The third-order valence-electron chi connectivity index (χ3n) is 7.42. The predicted molar refractivity (Wildman–Crippen MR) is 151 cm³/mol. The third kappa shape index (κ3) is 7.35. The van der Waals surface area contributed by atoms with E-state index in [0.717, 1.165) is 0 Å². The predicted octanol–water partition coefficient (Wildman–Crippen LogP) is 0.919. The van der Waals surface area contributed by atoms with Gasteiger partial charge in [0, 0.05) is 52.6 Å². The maximum Gasteiger partial charge on any atom is 0.407 e. The number of carbonyl (C=O) groups excluding carboxylic acids is 4. The van der Waals surface area contributed by atoms with Gasteiger partial charge in [0.1, 0.15) is 0 Å². The SMILES string of the molecule is CC(=O)NNC(=O)CCn1c(C(=O)N(CC(C)C)[C@H]2C[C@@H](C(=O)N3CCOCC3)CN(C(=O)O)C2)nc2ccccc21. The van der Waals surface area contributed by atoms with E-state index in [1.165, 1.54) is 11.8 Å². The number of carbonyl (C=O) groups is 5. The summed E-state index contributed by atoms with van der Waals surface area (Å²) in [5, 5.41) is 9.92. The van der Waals surface area contributed by atoms with Gasteiger partial charge in [-0.2, -0.15) is 0 Å². The van der Waals surface area contributed by atoms with E-state index in [-0.39, 0.29) is 43.7 Å². The first-order valence-corrected chi connectivity index (χ1v) is 14.2. The minimum Gasteiger partial charge on any atom is -0.465 e. The smallest absolute Gasteiger partial charge is 0.407 e. The Morgan fingerprint density at radius 3 is 2.45 bits per heavy atom. The van der Waals surface area contributed by atoms with Crippen molar-refractivity contribution in [1.82, 2.24) is 35.1 Å². The lowest BCUT2D eigenvalue weighted by molar-refractivity contribution is -0.142. The van der Waals surface area contributed by atoms with Gasteiger partial charge in [-0.3, -0.25) is 30.0 Å². The maximum absolute atomic E-state index is 14.3. The lowest BCUT2D eigenvalue weighted by atomic mass is 9.91. The summed E-state index contributed by atoms with van der Waals surface area (Å²) in [4.78, 5) is 72.6. The second-order valence-electron chi connectivity index (χ2n) is 11.1. The van der Waals surface area contributed by atoms with Crippen molar-refractivity contribution in [2.75, 3.05) is 45.9 Å². The Morgan fingerprint density at radius 2 is 1.79 bits per heavy atom. The van der Waals surface area contributed by atoms with Gasteiger partial charge in [-0.25, -0.2) is 9.78 Å². The summed E-state index contributed by atoms with van der Waals surface area (Å²) in [6.07, 6.45) is -0.858. The fourth-order valence-corrected chi connectivity index (χ4v) is 5.49. The number of aromatic nitrogens is 2. The van der Waals surface area contributed by atoms with Crippen LogP contribution in [0.2, 0.25) is 0 Å². The Morgan fingerprint density at radius 1 is 1.07 bits per heavy atom. The Hall–Kier alpha value is -4.20. The number of morpholine rings is 1.